The number of morpholine rings is 1. The zero-order valence-corrected chi connectivity index (χ0v) is 11.9. The normalized spacial score (nSPS) is 23.8. The van der Waals surface area contributed by atoms with E-state index in [1.165, 1.54) is 11.1 Å². The number of aromatic nitrogens is 1. The Morgan fingerprint density at radius 3 is 2.68 bits per heavy atom. The number of hydrogen-bond acceptors (Lipinski definition) is 2. The molecule has 3 rings (SSSR count). The van der Waals surface area contributed by atoms with E-state index >= 15 is 0 Å². The van der Waals surface area contributed by atoms with Gasteiger partial charge in [-0.2, -0.15) is 0 Å². The number of hydrogen-bond donors (Lipinski definition) is 0. The van der Waals surface area contributed by atoms with Gasteiger partial charge in [-0.25, -0.2) is 4.98 Å². The molecule has 0 unspecified atom stereocenters. The molecule has 1 saturated heterocycles. The number of anilines is 1. The van der Waals surface area contributed by atoms with Crippen LogP contribution in [0.15, 0.2) is 30.5 Å². The lowest BCUT2D eigenvalue weighted by Crippen LogP contribution is -2.45. The molecule has 0 amide bonds. The van der Waals surface area contributed by atoms with Crippen LogP contribution < -0.4 is 9.88 Å². The molecule has 1 aliphatic heterocycles. The van der Waals surface area contributed by atoms with Crippen molar-refractivity contribution < 1.29 is 9.72 Å². The summed E-state index contributed by atoms with van der Waals surface area (Å²) >= 11 is 6.05. The number of benzene rings is 1. The number of pyridine rings is 1. The number of nitrogens with one attached hydrogen (secondary N) is 1. The summed E-state index contributed by atoms with van der Waals surface area (Å²) in [4.78, 5) is 5.64. The Morgan fingerprint density at radius 1 is 1.21 bits per heavy atom. The SMILES string of the molecule is C[C@H]1CN(c2cc[nH+]c3cc(Cl)ccc23)C[C@H](C)O1. The second-order valence-electron chi connectivity index (χ2n) is 5.22. The second kappa shape index (κ2) is 4.99. The third-order valence-electron chi connectivity index (χ3n) is 3.50. The van der Waals surface area contributed by atoms with Crippen LogP contribution in [0.5, 0.6) is 0 Å². The molecule has 1 aromatic heterocycles. The Bertz CT molecular complexity index is 592. The molecule has 19 heavy (non-hydrogen) atoms. The molecular weight excluding hydrogens is 260 g/mol. The minimum atomic E-state index is 0.260. The Morgan fingerprint density at radius 2 is 1.95 bits per heavy atom. The fourth-order valence-electron chi connectivity index (χ4n) is 2.81. The highest BCUT2D eigenvalue weighted by atomic mass is 35.5. The zero-order valence-electron chi connectivity index (χ0n) is 11.2. The van der Waals surface area contributed by atoms with E-state index in [0.29, 0.717) is 0 Å². The Balaban J connectivity index is 2.04. The highest BCUT2D eigenvalue weighted by Crippen LogP contribution is 2.28. The quantitative estimate of drug-likeness (QED) is 0.801. The molecule has 2 aromatic rings. The van der Waals surface area contributed by atoms with Crippen molar-refractivity contribution in [2.75, 3.05) is 18.0 Å². The van der Waals surface area contributed by atoms with Gasteiger partial charge in [-0.3, -0.25) is 0 Å². The average molecular weight is 278 g/mol. The van der Waals surface area contributed by atoms with Crippen LogP contribution in [0.2, 0.25) is 5.02 Å². The highest BCUT2D eigenvalue weighted by molar-refractivity contribution is 6.31. The van der Waals surface area contributed by atoms with Gasteiger partial charge in [-0.05, 0) is 26.0 Å². The molecule has 1 aliphatic rings. The van der Waals surface area contributed by atoms with Crippen molar-refractivity contribution in [1.82, 2.24) is 0 Å². The summed E-state index contributed by atoms with van der Waals surface area (Å²) in [5.74, 6) is 0. The molecule has 0 spiro atoms. The van der Waals surface area contributed by atoms with Gasteiger partial charge in [0.25, 0.3) is 0 Å². The molecule has 3 nitrogen and oxygen atoms in total. The summed E-state index contributed by atoms with van der Waals surface area (Å²) < 4.78 is 5.80. The number of H-pyrrole nitrogens is 1. The first-order valence-corrected chi connectivity index (χ1v) is 7.01. The summed E-state index contributed by atoms with van der Waals surface area (Å²) in [5, 5.41) is 1.96. The fraction of sp³-hybridized carbons (Fsp3) is 0.400. The van der Waals surface area contributed by atoms with E-state index in [1.807, 2.05) is 18.3 Å². The standard InChI is InChI=1S/C15H17ClN2O/c1-10-8-18(9-11(2)19-10)15-5-6-17-14-7-12(16)3-4-13(14)15/h3-7,10-11H,8-9H2,1-2H3/p+1/t10-,11-/m0/s1. The van der Waals surface area contributed by atoms with Crippen LogP contribution >= 0.6 is 11.6 Å². The molecule has 0 bridgehead atoms. The maximum Gasteiger partial charge on any atom is 0.214 e. The molecule has 0 aliphatic carbocycles. The van der Waals surface area contributed by atoms with E-state index in [1.54, 1.807) is 0 Å². The first-order chi connectivity index (χ1) is 9.13. The molecular formula is C15H18ClN2O+. The average Bonchev–Trinajstić information content (AvgIpc) is 2.36. The number of ether oxygens (including phenoxy) is 1. The van der Waals surface area contributed by atoms with Crippen molar-refractivity contribution in [3.8, 4) is 0 Å². The topological polar surface area (TPSA) is 26.6 Å². The number of aromatic amines is 1. The van der Waals surface area contributed by atoms with Crippen molar-refractivity contribution in [1.29, 1.82) is 0 Å². The first kappa shape index (κ1) is 12.7. The highest BCUT2D eigenvalue weighted by Gasteiger charge is 2.24. The predicted octanol–water partition coefficient (Wildman–Crippen LogP) is 2.92. The number of rotatable bonds is 1. The van der Waals surface area contributed by atoms with E-state index in [9.17, 15) is 0 Å². The lowest BCUT2D eigenvalue weighted by molar-refractivity contribution is -0.344. The van der Waals surface area contributed by atoms with Gasteiger partial charge in [0.15, 0.2) is 6.20 Å². The molecule has 0 saturated carbocycles. The third kappa shape index (κ3) is 2.53. The van der Waals surface area contributed by atoms with Gasteiger partial charge in [0.1, 0.15) is 0 Å². The van der Waals surface area contributed by atoms with Gasteiger partial charge in [-0.15, -0.1) is 0 Å². The second-order valence-corrected chi connectivity index (χ2v) is 5.65. The van der Waals surface area contributed by atoms with E-state index in [4.69, 9.17) is 16.3 Å². The van der Waals surface area contributed by atoms with E-state index in [-0.39, 0.29) is 12.2 Å². The van der Waals surface area contributed by atoms with Gasteiger partial charge >= 0.3 is 0 Å². The number of nitrogens with zero attached hydrogens (tertiary/aromatic N) is 1. The lowest BCUT2D eigenvalue weighted by atomic mass is 10.1. The van der Waals surface area contributed by atoms with Crippen molar-refractivity contribution in [2.45, 2.75) is 26.1 Å². The van der Waals surface area contributed by atoms with Gasteiger partial charge in [-0.1, -0.05) is 11.6 Å². The molecule has 2 heterocycles. The Labute approximate surface area is 118 Å². The van der Waals surface area contributed by atoms with Gasteiger partial charge in [0, 0.05) is 30.2 Å². The zero-order chi connectivity index (χ0) is 13.4. The van der Waals surface area contributed by atoms with E-state index in [2.05, 4.69) is 35.9 Å². The van der Waals surface area contributed by atoms with Crippen molar-refractivity contribution in [3.63, 3.8) is 0 Å². The molecule has 0 radical (unpaired) electrons. The van der Waals surface area contributed by atoms with Crippen LogP contribution in [0.3, 0.4) is 0 Å². The summed E-state index contributed by atoms with van der Waals surface area (Å²) in [7, 11) is 0. The Hall–Kier alpha value is -1.32. The maximum absolute atomic E-state index is 6.05. The van der Waals surface area contributed by atoms with Crippen LogP contribution in [-0.2, 0) is 4.74 Å². The predicted molar refractivity (Wildman–Crippen MR) is 77.7 cm³/mol. The third-order valence-corrected chi connectivity index (χ3v) is 3.73. The van der Waals surface area contributed by atoms with E-state index < -0.39 is 0 Å². The largest absolute Gasteiger partial charge is 0.372 e. The monoisotopic (exact) mass is 277 g/mol. The van der Waals surface area contributed by atoms with Gasteiger partial charge in [0.05, 0.1) is 23.3 Å². The number of fused-ring (bicyclic) bond motifs is 1. The van der Waals surface area contributed by atoms with Crippen LogP contribution in [0.25, 0.3) is 10.9 Å². The van der Waals surface area contributed by atoms with Crippen molar-refractivity contribution in [3.05, 3.63) is 35.5 Å². The smallest absolute Gasteiger partial charge is 0.214 e. The van der Waals surface area contributed by atoms with Crippen LogP contribution in [-0.4, -0.2) is 25.3 Å². The fourth-order valence-corrected chi connectivity index (χ4v) is 2.98. The molecule has 100 valence electrons. The van der Waals surface area contributed by atoms with E-state index in [0.717, 1.165) is 23.6 Å². The summed E-state index contributed by atoms with van der Waals surface area (Å²) in [6.45, 7) is 6.09. The number of halogens is 1. The van der Waals surface area contributed by atoms with Crippen LogP contribution in [0, 0.1) is 0 Å². The molecule has 4 heteroatoms. The summed E-state index contributed by atoms with van der Waals surface area (Å²) in [6, 6.07) is 8.11. The molecule has 2 atom stereocenters. The van der Waals surface area contributed by atoms with Gasteiger partial charge in [0.2, 0.25) is 5.52 Å². The lowest BCUT2D eigenvalue weighted by Gasteiger charge is -2.36. The van der Waals surface area contributed by atoms with Crippen molar-refractivity contribution >= 4 is 28.2 Å². The minimum absolute atomic E-state index is 0.260. The van der Waals surface area contributed by atoms with Crippen LogP contribution in [0.4, 0.5) is 5.69 Å². The minimum Gasteiger partial charge on any atom is -0.372 e. The summed E-state index contributed by atoms with van der Waals surface area (Å²) in [5.41, 5.74) is 2.31. The first-order valence-electron chi connectivity index (χ1n) is 6.64. The van der Waals surface area contributed by atoms with Crippen molar-refractivity contribution in [2.24, 2.45) is 0 Å². The maximum atomic E-state index is 6.05. The summed E-state index contributed by atoms with van der Waals surface area (Å²) in [6.07, 6.45) is 2.49. The molecule has 1 N–H and O–H groups in total. The molecule has 1 aromatic carbocycles. The molecule has 1 fully saturated rings. The Kier molecular flexibility index (Phi) is 3.33. The van der Waals surface area contributed by atoms with Crippen LogP contribution in [0.1, 0.15) is 13.8 Å². The van der Waals surface area contributed by atoms with Gasteiger partial charge < -0.3 is 9.64 Å².